The fourth-order valence-electron chi connectivity index (χ4n) is 1.99. The average molecular weight is 316 g/mol. The summed E-state index contributed by atoms with van der Waals surface area (Å²) in [5.41, 5.74) is 0.145. The second-order valence-electron chi connectivity index (χ2n) is 4.80. The molecule has 0 atom stereocenters. The average Bonchev–Trinajstić information content (AvgIpc) is 2.46. The molecular formula is C15H12N2O6. The van der Waals surface area contributed by atoms with Gasteiger partial charge in [-0.15, -0.1) is 0 Å². The maximum absolute atomic E-state index is 11.3. The van der Waals surface area contributed by atoms with Crippen molar-refractivity contribution in [2.45, 2.75) is 13.8 Å². The third-order valence-electron chi connectivity index (χ3n) is 3.15. The third kappa shape index (κ3) is 3.49. The predicted molar refractivity (Wildman–Crippen MR) is 81.0 cm³/mol. The first kappa shape index (κ1) is 16.1. The number of carbonyl (C=O) groups is 1. The highest BCUT2D eigenvalue weighted by atomic mass is 16.6. The molecule has 0 unspecified atom stereocenters. The Hall–Kier alpha value is -3.29. The van der Waals surface area contributed by atoms with E-state index in [1.54, 1.807) is 0 Å². The molecule has 0 saturated carbocycles. The van der Waals surface area contributed by atoms with Gasteiger partial charge in [0.15, 0.2) is 5.78 Å². The van der Waals surface area contributed by atoms with Crippen LogP contribution in [0.4, 0.5) is 11.4 Å². The molecule has 0 bridgehead atoms. The first-order valence-electron chi connectivity index (χ1n) is 6.52. The van der Waals surface area contributed by atoms with Crippen LogP contribution in [0.25, 0.3) is 0 Å². The summed E-state index contributed by atoms with van der Waals surface area (Å²) in [7, 11) is 0. The fourth-order valence-corrected chi connectivity index (χ4v) is 1.99. The van der Waals surface area contributed by atoms with E-state index in [1.165, 1.54) is 44.2 Å². The zero-order chi connectivity index (χ0) is 17.1. The lowest BCUT2D eigenvalue weighted by molar-refractivity contribution is -0.385. The Morgan fingerprint density at radius 1 is 1.00 bits per heavy atom. The summed E-state index contributed by atoms with van der Waals surface area (Å²) in [4.78, 5) is 32.0. The highest BCUT2D eigenvalue weighted by Gasteiger charge is 2.19. The molecule has 23 heavy (non-hydrogen) atoms. The number of nitro benzene ring substituents is 2. The van der Waals surface area contributed by atoms with Gasteiger partial charge in [-0.2, -0.15) is 0 Å². The highest BCUT2D eigenvalue weighted by Crippen LogP contribution is 2.33. The third-order valence-corrected chi connectivity index (χ3v) is 3.15. The van der Waals surface area contributed by atoms with Crippen molar-refractivity contribution in [2.75, 3.05) is 0 Å². The lowest BCUT2D eigenvalue weighted by atomic mass is 10.1. The number of ketones is 1. The molecule has 0 aromatic heterocycles. The summed E-state index contributed by atoms with van der Waals surface area (Å²) < 4.78 is 5.45. The maximum atomic E-state index is 11.3. The summed E-state index contributed by atoms with van der Waals surface area (Å²) in [6.07, 6.45) is 0. The van der Waals surface area contributed by atoms with Gasteiger partial charge in [0.2, 0.25) is 5.75 Å². The van der Waals surface area contributed by atoms with E-state index in [1.807, 2.05) is 0 Å². The van der Waals surface area contributed by atoms with Crippen LogP contribution in [0.1, 0.15) is 22.8 Å². The molecule has 8 heteroatoms. The molecule has 0 spiro atoms. The van der Waals surface area contributed by atoms with Crippen LogP contribution in [0.5, 0.6) is 11.5 Å². The molecule has 0 radical (unpaired) electrons. The molecule has 2 aromatic rings. The molecule has 0 N–H and O–H groups in total. The van der Waals surface area contributed by atoms with E-state index in [0.29, 0.717) is 5.56 Å². The number of hydrogen-bond acceptors (Lipinski definition) is 6. The van der Waals surface area contributed by atoms with E-state index in [9.17, 15) is 25.0 Å². The van der Waals surface area contributed by atoms with E-state index in [-0.39, 0.29) is 34.2 Å². The summed E-state index contributed by atoms with van der Waals surface area (Å²) in [5, 5.41) is 21.9. The van der Waals surface area contributed by atoms with Gasteiger partial charge in [0.1, 0.15) is 5.75 Å². The van der Waals surface area contributed by atoms with Crippen LogP contribution in [-0.4, -0.2) is 15.6 Å². The SMILES string of the molecule is CC(=O)c1ccc(Oc2ccc([N+](=O)[O-])c(C)c2)c([N+](=O)[O-])c1. The van der Waals surface area contributed by atoms with Crippen LogP contribution in [0.15, 0.2) is 36.4 Å². The molecule has 118 valence electrons. The zero-order valence-electron chi connectivity index (χ0n) is 12.3. The van der Waals surface area contributed by atoms with E-state index >= 15 is 0 Å². The Balaban J connectivity index is 2.40. The van der Waals surface area contributed by atoms with Crippen LogP contribution in [0.3, 0.4) is 0 Å². The first-order chi connectivity index (χ1) is 10.8. The predicted octanol–water partition coefficient (Wildman–Crippen LogP) is 3.81. The quantitative estimate of drug-likeness (QED) is 0.471. The Labute approximate surface area is 130 Å². The monoisotopic (exact) mass is 316 g/mol. The largest absolute Gasteiger partial charge is 0.450 e. The van der Waals surface area contributed by atoms with Gasteiger partial charge in [-0.1, -0.05) is 0 Å². The highest BCUT2D eigenvalue weighted by molar-refractivity contribution is 5.95. The van der Waals surface area contributed by atoms with Crippen LogP contribution < -0.4 is 4.74 Å². The molecule has 0 amide bonds. The molecule has 0 aliphatic heterocycles. The van der Waals surface area contributed by atoms with E-state index in [0.717, 1.165) is 6.07 Å². The lowest BCUT2D eigenvalue weighted by Crippen LogP contribution is -1.98. The number of nitro groups is 2. The number of nitrogens with zero attached hydrogens (tertiary/aromatic N) is 2. The van der Waals surface area contributed by atoms with Crippen molar-refractivity contribution >= 4 is 17.2 Å². The number of ether oxygens (including phenoxy) is 1. The summed E-state index contributed by atoms with van der Waals surface area (Å²) in [6.45, 7) is 2.84. The minimum atomic E-state index is -0.653. The van der Waals surface area contributed by atoms with Crippen molar-refractivity contribution in [3.8, 4) is 11.5 Å². The normalized spacial score (nSPS) is 10.2. The molecule has 2 rings (SSSR count). The second kappa shape index (κ2) is 6.22. The number of Topliss-reactive ketones (excluding diaryl/α,β-unsaturated/α-hetero) is 1. The van der Waals surface area contributed by atoms with E-state index in [2.05, 4.69) is 0 Å². The minimum Gasteiger partial charge on any atom is -0.450 e. The van der Waals surface area contributed by atoms with Gasteiger partial charge in [0, 0.05) is 23.3 Å². The van der Waals surface area contributed by atoms with Crippen LogP contribution in [0.2, 0.25) is 0 Å². The van der Waals surface area contributed by atoms with Gasteiger partial charge < -0.3 is 4.74 Å². The van der Waals surface area contributed by atoms with Gasteiger partial charge in [0.25, 0.3) is 5.69 Å². The number of aryl methyl sites for hydroxylation is 1. The van der Waals surface area contributed by atoms with Gasteiger partial charge in [-0.05, 0) is 38.1 Å². The number of hydrogen-bond donors (Lipinski definition) is 0. The van der Waals surface area contributed by atoms with Crippen molar-refractivity contribution < 1.29 is 19.4 Å². The summed E-state index contributed by atoms with van der Waals surface area (Å²) in [6, 6.07) is 7.92. The Morgan fingerprint density at radius 3 is 2.17 bits per heavy atom. The van der Waals surface area contributed by atoms with Crippen molar-refractivity contribution in [2.24, 2.45) is 0 Å². The van der Waals surface area contributed by atoms with Crippen LogP contribution in [-0.2, 0) is 0 Å². The van der Waals surface area contributed by atoms with E-state index in [4.69, 9.17) is 4.74 Å². The smallest absolute Gasteiger partial charge is 0.312 e. The molecule has 0 aliphatic carbocycles. The maximum Gasteiger partial charge on any atom is 0.312 e. The molecule has 0 heterocycles. The van der Waals surface area contributed by atoms with Gasteiger partial charge in [-0.3, -0.25) is 25.0 Å². The van der Waals surface area contributed by atoms with Gasteiger partial charge in [-0.25, -0.2) is 0 Å². The van der Waals surface area contributed by atoms with Crippen LogP contribution >= 0.6 is 0 Å². The topological polar surface area (TPSA) is 113 Å². The first-order valence-corrected chi connectivity index (χ1v) is 6.52. The van der Waals surface area contributed by atoms with Crippen molar-refractivity contribution in [3.63, 3.8) is 0 Å². The molecule has 2 aromatic carbocycles. The molecular weight excluding hydrogens is 304 g/mol. The Bertz CT molecular complexity index is 816. The van der Waals surface area contributed by atoms with Gasteiger partial charge >= 0.3 is 5.69 Å². The minimum absolute atomic E-state index is 0.0479. The zero-order valence-corrected chi connectivity index (χ0v) is 12.3. The van der Waals surface area contributed by atoms with Crippen molar-refractivity contribution in [3.05, 3.63) is 67.8 Å². The van der Waals surface area contributed by atoms with Crippen molar-refractivity contribution in [1.82, 2.24) is 0 Å². The molecule has 8 nitrogen and oxygen atoms in total. The lowest BCUT2D eigenvalue weighted by Gasteiger charge is -2.08. The number of benzene rings is 2. The summed E-state index contributed by atoms with van der Waals surface area (Å²) >= 11 is 0. The molecule has 0 aliphatic rings. The number of rotatable bonds is 5. The fraction of sp³-hybridized carbons (Fsp3) is 0.133. The molecule has 0 saturated heterocycles. The second-order valence-corrected chi connectivity index (χ2v) is 4.80. The van der Waals surface area contributed by atoms with Gasteiger partial charge in [0.05, 0.1) is 9.85 Å². The Morgan fingerprint density at radius 2 is 1.65 bits per heavy atom. The Kier molecular flexibility index (Phi) is 4.35. The number of carbonyl (C=O) groups excluding carboxylic acids is 1. The van der Waals surface area contributed by atoms with Crippen molar-refractivity contribution in [1.29, 1.82) is 0 Å². The standard InChI is InChI=1S/C15H12N2O6/c1-9-7-12(4-5-13(9)16(19)20)23-15-6-3-11(10(2)18)8-14(15)17(21)22/h3-8H,1-2H3. The molecule has 0 fully saturated rings. The van der Waals surface area contributed by atoms with E-state index < -0.39 is 9.85 Å². The van der Waals surface area contributed by atoms with Crippen LogP contribution in [0, 0.1) is 27.2 Å². The summed E-state index contributed by atoms with van der Waals surface area (Å²) in [5.74, 6) is -0.120.